The van der Waals surface area contributed by atoms with E-state index in [1.54, 1.807) is 20.7 Å². The van der Waals surface area contributed by atoms with Gasteiger partial charge in [0.15, 0.2) is 8.68 Å². The predicted molar refractivity (Wildman–Crippen MR) is 192 cm³/mol. The first-order valence-electron chi connectivity index (χ1n) is 13.1. The van der Waals surface area contributed by atoms with E-state index in [1.165, 1.54) is 57.5 Å². The first-order chi connectivity index (χ1) is 23.0. The SMILES string of the molecule is Clc1ccc(-c2csc(Sc3nnnn3-c3sccc3Cl)n2)cc1.Clc1ccsc1-n1nnnc1Sc1nc(-c2ccccc2)cs1. The maximum absolute atomic E-state index is 6.16. The number of benzene rings is 2. The smallest absolute Gasteiger partial charge is 0.222 e. The number of tetrazole rings is 2. The van der Waals surface area contributed by atoms with Crippen LogP contribution in [0.5, 0.6) is 0 Å². The van der Waals surface area contributed by atoms with E-state index in [0.717, 1.165) is 41.2 Å². The van der Waals surface area contributed by atoms with Gasteiger partial charge >= 0.3 is 0 Å². The molecule has 0 fully saturated rings. The van der Waals surface area contributed by atoms with Gasteiger partial charge in [0, 0.05) is 26.9 Å². The number of hydrogen-bond acceptors (Lipinski definition) is 14. The van der Waals surface area contributed by atoms with Crippen LogP contribution in [-0.4, -0.2) is 50.4 Å². The standard InChI is InChI=1S/C14H7Cl2N5S3.C14H8ClN5S3/c15-9-3-1-8(2-4-9)11-7-23-14(17-11)24-13-18-19-20-21(13)12-10(16)5-6-22-12;15-10-6-7-21-12(10)20-13(17-18-19-20)23-14-16-11(8-22-14)9-4-2-1-3-5-9/h1-7H;1-8H. The lowest BCUT2D eigenvalue weighted by atomic mass is 10.2. The summed E-state index contributed by atoms with van der Waals surface area (Å²) in [4.78, 5) is 9.27. The predicted octanol–water partition coefficient (Wildman–Crippen LogP) is 9.96. The van der Waals surface area contributed by atoms with Crippen LogP contribution in [0.25, 0.3) is 32.5 Å². The second kappa shape index (κ2) is 14.9. The number of halogens is 3. The van der Waals surface area contributed by atoms with E-state index < -0.39 is 0 Å². The van der Waals surface area contributed by atoms with Gasteiger partial charge in [-0.1, -0.05) is 77.3 Å². The molecule has 19 heteroatoms. The van der Waals surface area contributed by atoms with Gasteiger partial charge in [-0.3, -0.25) is 0 Å². The quantitative estimate of drug-likeness (QED) is 0.147. The summed E-state index contributed by atoms with van der Waals surface area (Å²) in [6, 6.07) is 21.3. The molecule has 8 rings (SSSR count). The van der Waals surface area contributed by atoms with Gasteiger partial charge in [-0.05, 0) is 79.4 Å². The van der Waals surface area contributed by atoms with Crippen molar-refractivity contribution in [2.75, 3.05) is 0 Å². The third-order valence-corrected chi connectivity index (χ3v) is 12.6. The highest BCUT2D eigenvalue weighted by Gasteiger charge is 2.17. The molecule has 0 amide bonds. The van der Waals surface area contributed by atoms with Crippen LogP contribution >= 0.6 is 104 Å². The molecule has 0 aliphatic heterocycles. The lowest BCUT2D eigenvalue weighted by molar-refractivity contribution is 0.768. The summed E-state index contributed by atoms with van der Waals surface area (Å²) < 4.78 is 5.00. The Morgan fingerprint density at radius 3 is 1.51 bits per heavy atom. The van der Waals surface area contributed by atoms with Crippen LogP contribution in [0.2, 0.25) is 15.1 Å². The highest BCUT2D eigenvalue weighted by molar-refractivity contribution is 8.01. The van der Waals surface area contributed by atoms with Crippen LogP contribution in [0.15, 0.2) is 107 Å². The van der Waals surface area contributed by atoms with E-state index in [0.29, 0.717) is 25.4 Å². The molecule has 10 nitrogen and oxygen atoms in total. The summed E-state index contributed by atoms with van der Waals surface area (Å²) in [5.74, 6) is 0. The van der Waals surface area contributed by atoms with E-state index >= 15 is 0 Å². The Bertz CT molecular complexity index is 2220. The maximum atomic E-state index is 6.16. The van der Waals surface area contributed by atoms with E-state index in [2.05, 4.69) is 41.0 Å². The number of thiazole rings is 2. The van der Waals surface area contributed by atoms with Crippen molar-refractivity contribution < 1.29 is 0 Å². The minimum absolute atomic E-state index is 0.621. The second-order valence-electron chi connectivity index (χ2n) is 8.97. The molecular weight excluding hydrogens is 775 g/mol. The molecule has 0 unspecified atom stereocenters. The zero-order chi connectivity index (χ0) is 32.2. The van der Waals surface area contributed by atoms with E-state index in [4.69, 9.17) is 34.8 Å². The van der Waals surface area contributed by atoms with Gasteiger partial charge in [0.05, 0.1) is 21.4 Å². The molecule has 0 atom stereocenters. The van der Waals surface area contributed by atoms with Crippen molar-refractivity contribution in [3.05, 3.63) is 103 Å². The zero-order valence-corrected chi connectivity index (χ0v) is 30.4. The Balaban J connectivity index is 0.000000150. The summed E-state index contributed by atoms with van der Waals surface area (Å²) in [6.45, 7) is 0. The van der Waals surface area contributed by atoms with Crippen molar-refractivity contribution in [3.63, 3.8) is 0 Å². The molecular formula is C28H15Cl3N10S6. The Morgan fingerprint density at radius 2 is 1.04 bits per heavy atom. The molecule has 0 N–H and O–H groups in total. The Labute approximate surface area is 306 Å². The van der Waals surface area contributed by atoms with Gasteiger partial charge in [0.25, 0.3) is 0 Å². The van der Waals surface area contributed by atoms with E-state index in [9.17, 15) is 0 Å². The van der Waals surface area contributed by atoms with Crippen LogP contribution in [-0.2, 0) is 0 Å². The van der Waals surface area contributed by atoms with Crippen molar-refractivity contribution in [1.29, 1.82) is 0 Å². The Kier molecular flexibility index (Phi) is 10.3. The van der Waals surface area contributed by atoms with Gasteiger partial charge in [-0.2, -0.15) is 9.36 Å². The van der Waals surface area contributed by atoms with Gasteiger partial charge in [-0.15, -0.1) is 55.5 Å². The molecule has 234 valence electrons. The fourth-order valence-electron chi connectivity index (χ4n) is 3.87. The average molecular weight is 790 g/mol. The summed E-state index contributed by atoms with van der Waals surface area (Å²) in [7, 11) is 0. The highest BCUT2D eigenvalue weighted by atomic mass is 35.5. The molecule has 47 heavy (non-hydrogen) atoms. The molecule has 0 radical (unpaired) electrons. The number of thiophene rings is 2. The summed E-state index contributed by atoms with van der Waals surface area (Å²) in [6.07, 6.45) is 0. The Morgan fingerprint density at radius 1 is 0.553 bits per heavy atom. The fourth-order valence-corrected chi connectivity index (χ4v) is 9.70. The van der Waals surface area contributed by atoms with Crippen molar-refractivity contribution in [3.8, 4) is 32.5 Å². The van der Waals surface area contributed by atoms with Gasteiger partial charge in [0.1, 0.15) is 10.0 Å². The van der Waals surface area contributed by atoms with Crippen molar-refractivity contribution >= 4 is 104 Å². The van der Waals surface area contributed by atoms with Gasteiger partial charge in [-0.25, -0.2) is 9.97 Å². The number of aromatic nitrogens is 10. The van der Waals surface area contributed by atoms with Crippen molar-refractivity contribution in [1.82, 2.24) is 50.4 Å². The first-order valence-corrected chi connectivity index (χ1v) is 19.4. The van der Waals surface area contributed by atoms with Gasteiger partial charge in [0.2, 0.25) is 10.3 Å². The average Bonchev–Trinajstić information content (AvgIpc) is 3.93. The van der Waals surface area contributed by atoms with Crippen LogP contribution < -0.4 is 0 Å². The molecule has 0 aliphatic rings. The lowest BCUT2D eigenvalue weighted by Gasteiger charge is -2.00. The van der Waals surface area contributed by atoms with Crippen LogP contribution in [0.4, 0.5) is 0 Å². The van der Waals surface area contributed by atoms with Crippen LogP contribution in [0.1, 0.15) is 0 Å². The first kappa shape index (κ1) is 32.4. The number of rotatable bonds is 8. The monoisotopic (exact) mass is 788 g/mol. The van der Waals surface area contributed by atoms with Crippen LogP contribution in [0.3, 0.4) is 0 Å². The largest absolute Gasteiger partial charge is 0.229 e. The van der Waals surface area contributed by atoms with Crippen molar-refractivity contribution in [2.45, 2.75) is 19.0 Å². The molecule has 2 aromatic carbocycles. The molecule has 6 aromatic heterocycles. The minimum atomic E-state index is 0.621. The van der Waals surface area contributed by atoms with Crippen molar-refractivity contribution in [2.24, 2.45) is 0 Å². The number of nitrogens with zero attached hydrogens (tertiary/aromatic N) is 10. The Hall–Kier alpha value is -3.19. The zero-order valence-electron chi connectivity index (χ0n) is 23.2. The minimum Gasteiger partial charge on any atom is -0.229 e. The topological polar surface area (TPSA) is 113 Å². The third-order valence-electron chi connectivity index (χ3n) is 6.00. The normalized spacial score (nSPS) is 11.0. The molecule has 8 aromatic rings. The van der Waals surface area contributed by atoms with E-state index in [-0.39, 0.29) is 0 Å². The molecule has 0 spiro atoms. The molecule has 0 saturated carbocycles. The molecule has 6 heterocycles. The second-order valence-corrected chi connectivity index (χ2v) is 16.2. The third kappa shape index (κ3) is 7.61. The summed E-state index contributed by atoms with van der Waals surface area (Å²) in [5.41, 5.74) is 3.96. The van der Waals surface area contributed by atoms with E-state index in [1.807, 2.05) is 88.3 Å². The number of hydrogen-bond donors (Lipinski definition) is 0. The van der Waals surface area contributed by atoms with Crippen LogP contribution in [0, 0.1) is 0 Å². The fraction of sp³-hybridized carbons (Fsp3) is 0. The summed E-state index contributed by atoms with van der Waals surface area (Å²) in [5, 5.41) is 36.3. The molecule has 0 bridgehead atoms. The summed E-state index contributed by atoms with van der Waals surface area (Å²) >= 11 is 27.2. The molecule has 0 saturated heterocycles. The highest BCUT2D eigenvalue weighted by Crippen LogP contribution is 2.36. The lowest BCUT2D eigenvalue weighted by Crippen LogP contribution is -1.96. The maximum Gasteiger partial charge on any atom is 0.222 e. The van der Waals surface area contributed by atoms with Gasteiger partial charge < -0.3 is 0 Å². The molecule has 0 aliphatic carbocycles.